The maximum atomic E-state index is 13.0. The third kappa shape index (κ3) is 7.34. The van der Waals surface area contributed by atoms with E-state index in [1.807, 2.05) is 41.3 Å². The number of pyridine rings is 1. The minimum Gasteiger partial charge on any atom is -0.497 e. The van der Waals surface area contributed by atoms with Crippen LogP contribution in [-0.2, 0) is 0 Å². The van der Waals surface area contributed by atoms with E-state index in [-0.39, 0.29) is 30.1 Å². The van der Waals surface area contributed by atoms with Crippen LogP contribution in [0, 0.1) is 11.3 Å². The summed E-state index contributed by atoms with van der Waals surface area (Å²) < 4.78 is 17.3. The number of carbonyl (C=O) groups is 2. The van der Waals surface area contributed by atoms with Crippen molar-refractivity contribution < 1.29 is 23.8 Å². The van der Waals surface area contributed by atoms with E-state index in [9.17, 15) is 9.59 Å². The molecule has 9 nitrogen and oxygen atoms in total. The van der Waals surface area contributed by atoms with Gasteiger partial charge in [-0.15, -0.1) is 0 Å². The maximum absolute atomic E-state index is 13.0. The zero-order chi connectivity index (χ0) is 28.6. The number of piperidine rings is 1. The van der Waals surface area contributed by atoms with Gasteiger partial charge in [0.2, 0.25) is 0 Å². The van der Waals surface area contributed by atoms with Crippen LogP contribution in [0.25, 0.3) is 0 Å². The van der Waals surface area contributed by atoms with Crippen molar-refractivity contribution in [1.82, 2.24) is 15.2 Å². The molecule has 212 valence electrons. The molecule has 1 aliphatic carbocycles. The zero-order valence-electron chi connectivity index (χ0n) is 23.1. The van der Waals surface area contributed by atoms with Crippen molar-refractivity contribution in [3.8, 4) is 23.3 Å². The summed E-state index contributed by atoms with van der Waals surface area (Å²) >= 11 is 0. The number of nitrogens with one attached hydrogen (secondary N) is 1. The third-order valence-corrected chi connectivity index (χ3v) is 7.63. The topological polar surface area (TPSA) is 114 Å². The van der Waals surface area contributed by atoms with E-state index in [1.165, 1.54) is 6.20 Å². The monoisotopic (exact) mass is 554 g/mol. The Morgan fingerprint density at radius 3 is 1.98 bits per heavy atom. The summed E-state index contributed by atoms with van der Waals surface area (Å²) in [6.45, 7) is 1.19. The number of carbonyl (C=O) groups excluding carboxylic acids is 2. The molecule has 5 rings (SSSR count). The highest BCUT2D eigenvalue weighted by atomic mass is 16.5. The molecule has 0 bridgehead atoms. The molecule has 1 aromatic heterocycles. The fourth-order valence-corrected chi connectivity index (χ4v) is 5.25. The number of amides is 2. The van der Waals surface area contributed by atoms with Gasteiger partial charge in [-0.1, -0.05) is 0 Å². The summed E-state index contributed by atoms with van der Waals surface area (Å²) in [6.07, 6.45) is 6.37. The van der Waals surface area contributed by atoms with Crippen LogP contribution in [0.2, 0.25) is 0 Å². The van der Waals surface area contributed by atoms with E-state index >= 15 is 0 Å². The molecule has 2 amide bonds. The number of rotatable bonds is 8. The van der Waals surface area contributed by atoms with Crippen molar-refractivity contribution in [1.29, 1.82) is 5.26 Å². The second-order valence-corrected chi connectivity index (χ2v) is 10.4. The summed E-state index contributed by atoms with van der Waals surface area (Å²) in [6, 6.07) is 20.1. The van der Waals surface area contributed by atoms with Crippen molar-refractivity contribution >= 4 is 11.8 Å². The predicted octanol–water partition coefficient (Wildman–Crippen LogP) is 4.77. The number of nitrogens with zero attached hydrogens (tertiary/aromatic N) is 3. The second-order valence-electron chi connectivity index (χ2n) is 10.4. The first-order valence-corrected chi connectivity index (χ1v) is 14.0. The van der Waals surface area contributed by atoms with Gasteiger partial charge in [0.25, 0.3) is 11.8 Å². The summed E-state index contributed by atoms with van der Waals surface area (Å²) in [5, 5.41) is 12.0. The number of likely N-dealkylation sites (tertiary alicyclic amines) is 1. The lowest BCUT2D eigenvalue weighted by Gasteiger charge is -2.32. The summed E-state index contributed by atoms with van der Waals surface area (Å²) in [7, 11) is 1.63. The van der Waals surface area contributed by atoms with Crippen LogP contribution >= 0.6 is 0 Å². The van der Waals surface area contributed by atoms with Crippen molar-refractivity contribution in [2.45, 2.75) is 56.8 Å². The Balaban J connectivity index is 1.05. The lowest BCUT2D eigenvalue weighted by molar-refractivity contribution is 0.0594. The average Bonchev–Trinajstić information content (AvgIpc) is 3.03. The minimum absolute atomic E-state index is 0.0489. The molecule has 1 saturated heterocycles. The highest BCUT2D eigenvalue weighted by Gasteiger charge is 2.26. The first kappa shape index (κ1) is 28.0. The molecule has 2 fully saturated rings. The number of aromatic nitrogens is 1. The first-order chi connectivity index (χ1) is 20.0. The van der Waals surface area contributed by atoms with Crippen LogP contribution in [0.3, 0.4) is 0 Å². The highest BCUT2D eigenvalue weighted by molar-refractivity contribution is 5.96. The molecule has 2 aromatic carbocycles. The van der Waals surface area contributed by atoms with Crippen LogP contribution in [0.5, 0.6) is 17.2 Å². The Bertz CT molecular complexity index is 1350. The molecule has 0 radical (unpaired) electrons. The Hall–Kier alpha value is -4.58. The van der Waals surface area contributed by atoms with E-state index in [0.717, 1.165) is 55.8 Å². The molecule has 9 heteroatoms. The Labute approximate surface area is 240 Å². The fourth-order valence-electron chi connectivity index (χ4n) is 5.25. The quantitative estimate of drug-likeness (QED) is 0.427. The van der Waals surface area contributed by atoms with E-state index < -0.39 is 0 Å². The molecule has 2 heterocycles. The van der Waals surface area contributed by atoms with Crippen molar-refractivity contribution in [3.05, 3.63) is 83.7 Å². The van der Waals surface area contributed by atoms with Crippen LogP contribution in [-0.4, -0.2) is 60.1 Å². The summed E-state index contributed by atoms with van der Waals surface area (Å²) in [4.78, 5) is 31.9. The molecule has 2 aliphatic rings. The number of ether oxygens (including phenoxy) is 3. The van der Waals surface area contributed by atoms with Crippen LogP contribution in [0.1, 0.15) is 64.9 Å². The van der Waals surface area contributed by atoms with E-state index in [2.05, 4.69) is 16.4 Å². The van der Waals surface area contributed by atoms with Gasteiger partial charge in [-0.3, -0.25) is 14.6 Å². The predicted molar refractivity (Wildman–Crippen MR) is 152 cm³/mol. The molecular weight excluding hydrogens is 520 g/mol. The molecule has 1 N–H and O–H groups in total. The molecule has 1 aliphatic heterocycles. The fraction of sp³-hybridized carbons (Fsp3) is 0.375. The molecule has 0 atom stereocenters. The van der Waals surface area contributed by atoms with Gasteiger partial charge in [-0.25, -0.2) is 0 Å². The number of hydrogen-bond donors (Lipinski definition) is 1. The van der Waals surface area contributed by atoms with Crippen LogP contribution < -0.4 is 19.5 Å². The van der Waals surface area contributed by atoms with Gasteiger partial charge >= 0.3 is 0 Å². The standard InChI is InChI=1S/C32H34N4O5/c1-39-25-11-13-28(14-12-25)41-29-16-18-36(19-17-29)32(38)23-4-15-30(34-21-23)31(37)35-24-5-9-27(10-6-24)40-26-7-2-22(20-33)3-8-26/h2-4,7-8,11-15,21,24,27,29H,5-6,9-10,16-19H2,1H3,(H,35,37)/t24-,27-. The molecule has 0 unspecified atom stereocenters. The van der Waals surface area contributed by atoms with E-state index in [1.54, 1.807) is 31.4 Å². The zero-order valence-corrected chi connectivity index (χ0v) is 23.1. The lowest BCUT2D eigenvalue weighted by Crippen LogP contribution is -2.42. The van der Waals surface area contributed by atoms with Crippen molar-refractivity contribution in [3.63, 3.8) is 0 Å². The van der Waals surface area contributed by atoms with Crippen molar-refractivity contribution in [2.75, 3.05) is 20.2 Å². The largest absolute Gasteiger partial charge is 0.497 e. The van der Waals surface area contributed by atoms with Crippen molar-refractivity contribution in [2.24, 2.45) is 0 Å². The third-order valence-electron chi connectivity index (χ3n) is 7.63. The SMILES string of the molecule is COc1ccc(OC2CCN(C(=O)c3ccc(C(=O)N[C@H]4CC[C@H](Oc5ccc(C#N)cc5)CC4)nc3)CC2)cc1. The normalized spacial score (nSPS) is 19.1. The average molecular weight is 555 g/mol. The first-order valence-electron chi connectivity index (χ1n) is 14.0. The Morgan fingerprint density at radius 2 is 1.41 bits per heavy atom. The maximum Gasteiger partial charge on any atom is 0.270 e. The van der Waals surface area contributed by atoms with E-state index in [4.69, 9.17) is 19.5 Å². The molecule has 41 heavy (non-hydrogen) atoms. The van der Waals surface area contributed by atoms with Gasteiger partial charge in [-0.05, 0) is 86.3 Å². The number of hydrogen-bond acceptors (Lipinski definition) is 7. The number of benzene rings is 2. The number of methoxy groups -OCH3 is 1. The van der Waals surface area contributed by atoms with Crippen LogP contribution in [0.15, 0.2) is 66.9 Å². The molecule has 3 aromatic rings. The smallest absolute Gasteiger partial charge is 0.270 e. The van der Waals surface area contributed by atoms with Gasteiger partial charge in [0.05, 0.1) is 30.4 Å². The van der Waals surface area contributed by atoms with Gasteiger partial charge in [0.1, 0.15) is 29.0 Å². The van der Waals surface area contributed by atoms with Crippen LogP contribution in [0.4, 0.5) is 0 Å². The second kappa shape index (κ2) is 13.2. The molecular formula is C32H34N4O5. The Morgan fingerprint density at radius 1 is 0.829 bits per heavy atom. The van der Waals surface area contributed by atoms with Gasteiger partial charge in [0.15, 0.2) is 0 Å². The van der Waals surface area contributed by atoms with E-state index in [0.29, 0.717) is 29.9 Å². The van der Waals surface area contributed by atoms with Gasteiger partial charge in [0, 0.05) is 38.2 Å². The molecule has 1 saturated carbocycles. The summed E-state index contributed by atoms with van der Waals surface area (Å²) in [5.41, 5.74) is 1.37. The summed E-state index contributed by atoms with van der Waals surface area (Å²) in [5.74, 6) is 1.99. The van der Waals surface area contributed by atoms with Gasteiger partial charge < -0.3 is 24.4 Å². The Kier molecular flexibility index (Phi) is 8.99. The lowest BCUT2D eigenvalue weighted by atomic mass is 9.92. The minimum atomic E-state index is -0.239. The highest BCUT2D eigenvalue weighted by Crippen LogP contribution is 2.25. The van der Waals surface area contributed by atoms with Gasteiger partial charge in [-0.2, -0.15) is 5.26 Å². The number of nitriles is 1. The molecule has 0 spiro atoms.